The van der Waals surface area contributed by atoms with E-state index in [1.807, 2.05) is 34.6 Å². The fraction of sp³-hybridized carbons (Fsp3) is 0.609. The first-order chi connectivity index (χ1) is 15.2. The first-order valence-corrected chi connectivity index (χ1v) is 11.3. The second kappa shape index (κ2) is 9.65. The van der Waals surface area contributed by atoms with Crippen LogP contribution in [0.3, 0.4) is 0 Å². The Morgan fingerprint density at radius 2 is 1.84 bits per heavy atom. The zero-order valence-electron chi connectivity index (χ0n) is 19.5. The van der Waals surface area contributed by atoms with Crippen molar-refractivity contribution >= 4 is 16.9 Å². The van der Waals surface area contributed by atoms with Crippen molar-refractivity contribution in [3.05, 3.63) is 38.2 Å². The molecule has 0 aliphatic carbocycles. The van der Waals surface area contributed by atoms with E-state index in [2.05, 4.69) is 20.9 Å². The Labute approximate surface area is 187 Å². The van der Waals surface area contributed by atoms with E-state index in [9.17, 15) is 19.6 Å². The van der Waals surface area contributed by atoms with E-state index >= 15 is 0 Å². The highest BCUT2D eigenvalue weighted by Gasteiger charge is 2.30. The molecule has 172 valence electrons. The Hall–Kier alpha value is -2.99. The van der Waals surface area contributed by atoms with Gasteiger partial charge in [0, 0.05) is 38.4 Å². The van der Waals surface area contributed by atoms with E-state index in [0.717, 1.165) is 0 Å². The van der Waals surface area contributed by atoms with Crippen LogP contribution in [0.1, 0.15) is 63.0 Å². The van der Waals surface area contributed by atoms with E-state index in [0.29, 0.717) is 44.8 Å². The minimum atomic E-state index is -0.591. The summed E-state index contributed by atoms with van der Waals surface area (Å²) in [5, 5.41) is 9.64. The van der Waals surface area contributed by atoms with Crippen molar-refractivity contribution in [2.45, 2.75) is 59.5 Å². The third kappa shape index (κ3) is 4.46. The van der Waals surface area contributed by atoms with Crippen LogP contribution < -0.4 is 11.2 Å². The topological polar surface area (TPSA) is 115 Å². The average Bonchev–Trinajstić information content (AvgIpc) is 2.76. The van der Waals surface area contributed by atoms with Gasteiger partial charge < -0.3 is 4.90 Å². The number of carbonyl (C=O) groups excluding carboxylic acids is 1. The molecular weight excluding hydrogens is 408 g/mol. The van der Waals surface area contributed by atoms with Gasteiger partial charge in [-0.3, -0.25) is 24.0 Å². The number of hydrogen-bond acceptors (Lipinski definition) is 6. The second-order valence-electron chi connectivity index (χ2n) is 9.01. The summed E-state index contributed by atoms with van der Waals surface area (Å²) >= 11 is 0. The van der Waals surface area contributed by atoms with Crippen LogP contribution in [0.4, 0.5) is 0 Å². The lowest BCUT2D eigenvalue weighted by Crippen LogP contribution is -2.53. The number of carbonyl (C=O) groups is 1. The van der Waals surface area contributed by atoms with Crippen LogP contribution in [0, 0.1) is 17.2 Å². The maximum absolute atomic E-state index is 13.5. The molecule has 0 spiro atoms. The fourth-order valence-electron chi connectivity index (χ4n) is 4.21. The normalized spacial score (nSPS) is 16.0. The van der Waals surface area contributed by atoms with E-state index in [-0.39, 0.29) is 40.4 Å². The van der Waals surface area contributed by atoms with Gasteiger partial charge in [-0.1, -0.05) is 34.6 Å². The Morgan fingerprint density at radius 1 is 1.19 bits per heavy atom. The van der Waals surface area contributed by atoms with Gasteiger partial charge in [0.25, 0.3) is 11.5 Å². The molecule has 2 aromatic heterocycles. The van der Waals surface area contributed by atoms with Crippen molar-refractivity contribution in [3.8, 4) is 6.07 Å². The van der Waals surface area contributed by atoms with Crippen LogP contribution in [0.15, 0.2) is 15.7 Å². The molecule has 0 radical (unpaired) electrons. The number of pyridine rings is 1. The molecule has 1 atom stereocenters. The number of aromatic amines is 1. The van der Waals surface area contributed by atoms with E-state index < -0.39 is 11.2 Å². The molecule has 1 aliphatic heterocycles. The highest BCUT2D eigenvalue weighted by atomic mass is 16.2. The molecule has 9 nitrogen and oxygen atoms in total. The largest absolute Gasteiger partial charge is 0.336 e. The molecule has 32 heavy (non-hydrogen) atoms. The Bertz CT molecular complexity index is 1150. The zero-order valence-corrected chi connectivity index (χ0v) is 19.5. The van der Waals surface area contributed by atoms with Gasteiger partial charge >= 0.3 is 5.69 Å². The predicted molar refractivity (Wildman–Crippen MR) is 123 cm³/mol. The minimum absolute atomic E-state index is 0.0229. The van der Waals surface area contributed by atoms with Crippen LogP contribution in [0.5, 0.6) is 0 Å². The highest BCUT2D eigenvalue weighted by Crippen LogP contribution is 2.22. The first-order valence-electron chi connectivity index (χ1n) is 11.3. The lowest BCUT2D eigenvalue weighted by molar-refractivity contribution is 0.0578. The van der Waals surface area contributed by atoms with E-state index in [1.165, 1.54) is 4.57 Å². The summed E-state index contributed by atoms with van der Waals surface area (Å²) in [5.41, 5.74) is 0.100. The maximum atomic E-state index is 13.5. The highest BCUT2D eigenvalue weighted by molar-refractivity contribution is 6.05. The van der Waals surface area contributed by atoms with E-state index in [1.54, 1.807) is 11.0 Å². The lowest BCUT2D eigenvalue weighted by Gasteiger charge is -2.38. The molecule has 0 saturated carbocycles. The quantitative estimate of drug-likeness (QED) is 0.734. The lowest BCUT2D eigenvalue weighted by atomic mass is 10.0. The number of amides is 1. The van der Waals surface area contributed by atoms with Gasteiger partial charge in [0.05, 0.1) is 17.0 Å². The van der Waals surface area contributed by atoms with E-state index in [4.69, 9.17) is 0 Å². The van der Waals surface area contributed by atoms with Gasteiger partial charge in [-0.05, 0) is 24.3 Å². The van der Waals surface area contributed by atoms with Crippen molar-refractivity contribution in [2.75, 3.05) is 26.2 Å². The summed E-state index contributed by atoms with van der Waals surface area (Å²) < 4.78 is 1.44. The van der Waals surface area contributed by atoms with Crippen molar-refractivity contribution in [1.29, 1.82) is 5.26 Å². The van der Waals surface area contributed by atoms with Crippen LogP contribution in [0.25, 0.3) is 11.0 Å². The monoisotopic (exact) mass is 440 g/mol. The van der Waals surface area contributed by atoms with Crippen molar-refractivity contribution < 1.29 is 4.79 Å². The van der Waals surface area contributed by atoms with Crippen molar-refractivity contribution in [1.82, 2.24) is 24.3 Å². The molecular formula is C23H32N6O3. The summed E-state index contributed by atoms with van der Waals surface area (Å²) in [6, 6.07) is 3.86. The molecule has 2 aromatic rings. The van der Waals surface area contributed by atoms with Crippen molar-refractivity contribution in [3.63, 3.8) is 0 Å². The third-order valence-corrected chi connectivity index (χ3v) is 6.00. The number of nitriles is 1. The number of aryl methyl sites for hydroxylation is 1. The Kier molecular flexibility index (Phi) is 7.14. The van der Waals surface area contributed by atoms with Crippen LogP contribution >= 0.6 is 0 Å². The number of nitrogens with one attached hydrogen (secondary N) is 1. The third-order valence-electron chi connectivity index (χ3n) is 6.00. The van der Waals surface area contributed by atoms with Gasteiger partial charge in [0.15, 0.2) is 5.65 Å². The van der Waals surface area contributed by atoms with Crippen LogP contribution in [0.2, 0.25) is 0 Å². The molecule has 9 heteroatoms. The molecule has 1 N–H and O–H groups in total. The average molecular weight is 441 g/mol. The number of rotatable bonds is 6. The molecule has 0 bridgehead atoms. The molecule has 1 amide bonds. The van der Waals surface area contributed by atoms with Gasteiger partial charge in [0.1, 0.15) is 6.04 Å². The molecule has 3 rings (SSSR count). The molecule has 1 unspecified atom stereocenters. The molecule has 0 aromatic carbocycles. The number of nitrogens with zero attached hydrogens (tertiary/aromatic N) is 5. The summed E-state index contributed by atoms with van der Waals surface area (Å²) in [6.45, 7) is 12.4. The zero-order chi connectivity index (χ0) is 23.6. The number of fused-ring (bicyclic) bond motifs is 1. The minimum Gasteiger partial charge on any atom is -0.336 e. The smallest absolute Gasteiger partial charge is 0.329 e. The Balaban J connectivity index is 2.04. The SMILES string of the molecule is CCCn1c(=O)[nH]c(=O)c2c(C(=O)N3CCN(C(C#N)C(C)C)CC3)cc(C(C)C)nc21. The number of hydrogen-bond donors (Lipinski definition) is 1. The predicted octanol–water partition coefficient (Wildman–Crippen LogP) is 1.92. The van der Waals surface area contributed by atoms with Crippen LogP contribution in [-0.2, 0) is 6.54 Å². The molecule has 3 heterocycles. The van der Waals surface area contributed by atoms with Gasteiger partial charge in [-0.25, -0.2) is 9.78 Å². The summed E-state index contributed by atoms with van der Waals surface area (Å²) in [6.07, 6.45) is 0.690. The molecule has 1 saturated heterocycles. The van der Waals surface area contributed by atoms with Gasteiger partial charge in [0.2, 0.25) is 0 Å². The number of H-pyrrole nitrogens is 1. The first kappa shape index (κ1) is 23.7. The number of piperazine rings is 1. The molecule has 1 aliphatic rings. The summed E-state index contributed by atoms with van der Waals surface area (Å²) in [4.78, 5) is 49.5. The Morgan fingerprint density at radius 3 is 2.38 bits per heavy atom. The molecule has 1 fully saturated rings. The van der Waals surface area contributed by atoms with Gasteiger partial charge in [-0.2, -0.15) is 5.26 Å². The van der Waals surface area contributed by atoms with Crippen molar-refractivity contribution in [2.24, 2.45) is 5.92 Å². The fourth-order valence-corrected chi connectivity index (χ4v) is 4.21. The summed E-state index contributed by atoms with van der Waals surface area (Å²) in [7, 11) is 0. The second-order valence-corrected chi connectivity index (χ2v) is 9.01. The van der Waals surface area contributed by atoms with Gasteiger partial charge in [-0.15, -0.1) is 0 Å². The summed E-state index contributed by atoms with van der Waals surface area (Å²) in [5.74, 6) is -0.0206. The van der Waals surface area contributed by atoms with Crippen LogP contribution in [-0.4, -0.2) is 62.5 Å². The maximum Gasteiger partial charge on any atom is 0.329 e. The number of aromatic nitrogens is 3. The standard InChI is InChI=1S/C23H32N6O3/c1-6-7-29-20-19(21(30)26-23(29)32)16(12-17(25-20)14(2)3)22(31)28-10-8-27(9-11-28)18(13-24)15(4)5/h12,14-15,18H,6-11H2,1-5H3,(H,26,30,32).